The standard InChI is InChI=1S/C15H14BrNO2S2/c16-14-7-5-12(21-14)8-9-17-15(19)13-6-4-11(20-13)3-1-2-10-18/h4-7,18H,2,8-10H2,(H,17,19). The quantitative estimate of drug-likeness (QED) is 0.778. The highest BCUT2D eigenvalue weighted by atomic mass is 79.9. The van der Waals surface area contributed by atoms with Crippen LogP contribution in [0, 0.1) is 11.8 Å². The molecule has 0 fully saturated rings. The van der Waals surface area contributed by atoms with Gasteiger partial charge in [-0.25, -0.2) is 0 Å². The molecule has 0 radical (unpaired) electrons. The van der Waals surface area contributed by atoms with Crippen molar-refractivity contribution < 1.29 is 9.90 Å². The van der Waals surface area contributed by atoms with Crippen LogP contribution < -0.4 is 5.32 Å². The van der Waals surface area contributed by atoms with Crippen molar-refractivity contribution in [2.45, 2.75) is 12.8 Å². The van der Waals surface area contributed by atoms with Crippen LogP contribution in [0.25, 0.3) is 0 Å². The maximum atomic E-state index is 12.0. The van der Waals surface area contributed by atoms with Crippen molar-refractivity contribution in [3.8, 4) is 11.8 Å². The van der Waals surface area contributed by atoms with Crippen LogP contribution in [0.5, 0.6) is 0 Å². The number of rotatable bonds is 5. The SMILES string of the molecule is O=C(NCCc1ccc(Br)s1)c1ccc(C#CCCO)s1. The summed E-state index contributed by atoms with van der Waals surface area (Å²) in [5.74, 6) is 5.71. The highest BCUT2D eigenvalue weighted by Crippen LogP contribution is 2.22. The number of amides is 1. The van der Waals surface area contributed by atoms with E-state index < -0.39 is 0 Å². The smallest absolute Gasteiger partial charge is 0.261 e. The first-order valence-electron chi connectivity index (χ1n) is 6.41. The molecule has 21 heavy (non-hydrogen) atoms. The molecule has 0 atom stereocenters. The number of aliphatic hydroxyl groups excluding tert-OH is 1. The van der Waals surface area contributed by atoms with Crippen LogP contribution in [-0.2, 0) is 6.42 Å². The third-order valence-corrected chi connectivity index (χ3v) is 5.25. The summed E-state index contributed by atoms with van der Waals surface area (Å²) in [6.45, 7) is 0.680. The van der Waals surface area contributed by atoms with Gasteiger partial charge in [0.2, 0.25) is 0 Å². The molecule has 2 N–H and O–H groups in total. The first-order chi connectivity index (χ1) is 10.2. The molecule has 110 valence electrons. The first-order valence-corrected chi connectivity index (χ1v) is 8.83. The van der Waals surface area contributed by atoms with Gasteiger partial charge in [-0.1, -0.05) is 11.8 Å². The van der Waals surface area contributed by atoms with E-state index in [2.05, 4.69) is 39.2 Å². The Hall–Kier alpha value is -1.13. The van der Waals surface area contributed by atoms with Gasteiger partial charge in [-0.15, -0.1) is 22.7 Å². The Morgan fingerprint density at radius 1 is 1.29 bits per heavy atom. The lowest BCUT2D eigenvalue weighted by Gasteiger charge is -2.01. The summed E-state index contributed by atoms with van der Waals surface area (Å²) in [5.41, 5.74) is 0. The van der Waals surface area contributed by atoms with Crippen molar-refractivity contribution in [2.24, 2.45) is 0 Å². The molecule has 0 spiro atoms. The second kappa shape index (κ2) is 8.35. The van der Waals surface area contributed by atoms with E-state index in [9.17, 15) is 4.79 Å². The minimum absolute atomic E-state index is 0.0601. The van der Waals surface area contributed by atoms with E-state index in [1.54, 1.807) is 17.4 Å². The number of aliphatic hydroxyl groups is 1. The van der Waals surface area contributed by atoms with Crippen molar-refractivity contribution >= 4 is 44.5 Å². The van der Waals surface area contributed by atoms with Crippen LogP contribution in [0.15, 0.2) is 28.1 Å². The molecule has 2 aromatic heterocycles. The summed E-state index contributed by atoms with van der Waals surface area (Å²) in [4.78, 5) is 14.7. The van der Waals surface area contributed by atoms with Crippen LogP contribution in [0.2, 0.25) is 0 Å². The fourth-order valence-electron chi connectivity index (χ4n) is 1.61. The molecule has 0 aliphatic heterocycles. The molecule has 0 aliphatic rings. The number of carbonyl (C=O) groups excluding carboxylic acids is 1. The average Bonchev–Trinajstić information content (AvgIpc) is 3.08. The van der Waals surface area contributed by atoms with Crippen molar-refractivity contribution in [1.82, 2.24) is 5.32 Å². The van der Waals surface area contributed by atoms with Gasteiger partial charge in [0.15, 0.2) is 0 Å². The molecule has 0 bridgehead atoms. The van der Waals surface area contributed by atoms with E-state index >= 15 is 0 Å². The van der Waals surface area contributed by atoms with Crippen molar-refractivity contribution in [3.63, 3.8) is 0 Å². The summed E-state index contributed by atoms with van der Waals surface area (Å²) in [5, 5.41) is 11.6. The molecule has 0 saturated carbocycles. The maximum Gasteiger partial charge on any atom is 0.261 e. The zero-order valence-electron chi connectivity index (χ0n) is 11.2. The summed E-state index contributed by atoms with van der Waals surface area (Å²) in [6, 6.07) is 7.68. The lowest BCUT2D eigenvalue weighted by atomic mass is 10.3. The molecule has 2 rings (SSSR count). The number of nitrogens with one attached hydrogen (secondary N) is 1. The summed E-state index contributed by atoms with van der Waals surface area (Å²) in [7, 11) is 0. The third kappa shape index (κ3) is 5.29. The summed E-state index contributed by atoms with van der Waals surface area (Å²) >= 11 is 6.47. The van der Waals surface area contributed by atoms with Crippen molar-refractivity contribution in [3.05, 3.63) is 42.7 Å². The second-order valence-electron chi connectivity index (χ2n) is 4.15. The highest BCUT2D eigenvalue weighted by molar-refractivity contribution is 9.11. The van der Waals surface area contributed by atoms with Crippen LogP contribution in [-0.4, -0.2) is 24.2 Å². The van der Waals surface area contributed by atoms with Gasteiger partial charge in [0.25, 0.3) is 5.91 Å². The van der Waals surface area contributed by atoms with E-state index in [0.717, 1.165) is 15.1 Å². The van der Waals surface area contributed by atoms with E-state index in [4.69, 9.17) is 5.11 Å². The lowest BCUT2D eigenvalue weighted by Crippen LogP contribution is -2.24. The molecular weight excluding hydrogens is 370 g/mol. The number of hydrogen-bond donors (Lipinski definition) is 2. The Bertz CT molecular complexity index is 667. The molecule has 0 aliphatic carbocycles. The number of halogens is 1. The molecule has 2 heterocycles. The topological polar surface area (TPSA) is 49.3 Å². The lowest BCUT2D eigenvalue weighted by molar-refractivity contribution is 0.0958. The second-order valence-corrected chi connectivity index (χ2v) is 7.78. The Kier molecular flexibility index (Phi) is 6.46. The minimum atomic E-state index is -0.0640. The van der Waals surface area contributed by atoms with E-state index in [1.807, 2.05) is 12.1 Å². The molecule has 0 saturated heterocycles. The average molecular weight is 384 g/mol. The summed E-state index contributed by atoms with van der Waals surface area (Å²) < 4.78 is 1.10. The van der Waals surface area contributed by atoms with Gasteiger partial charge in [0, 0.05) is 17.8 Å². The van der Waals surface area contributed by atoms with Crippen molar-refractivity contribution in [1.29, 1.82) is 0 Å². The first kappa shape index (κ1) is 16.2. The van der Waals surface area contributed by atoms with Crippen LogP contribution in [0.4, 0.5) is 0 Å². The zero-order chi connectivity index (χ0) is 15.1. The Morgan fingerprint density at radius 2 is 2.14 bits per heavy atom. The monoisotopic (exact) mass is 383 g/mol. The number of thiophene rings is 2. The largest absolute Gasteiger partial charge is 0.395 e. The zero-order valence-corrected chi connectivity index (χ0v) is 14.4. The normalized spacial score (nSPS) is 10.0. The van der Waals surface area contributed by atoms with E-state index in [-0.39, 0.29) is 12.5 Å². The van der Waals surface area contributed by atoms with Crippen molar-refractivity contribution in [2.75, 3.05) is 13.2 Å². The maximum absolute atomic E-state index is 12.0. The highest BCUT2D eigenvalue weighted by Gasteiger charge is 2.08. The predicted octanol–water partition coefficient (Wildman–Crippen LogP) is 3.28. The Labute approximate surface area is 140 Å². The van der Waals surface area contributed by atoms with Crippen LogP contribution in [0.1, 0.15) is 25.8 Å². The van der Waals surface area contributed by atoms with Gasteiger partial charge >= 0.3 is 0 Å². The Balaban J connectivity index is 1.82. The number of hydrogen-bond acceptors (Lipinski definition) is 4. The molecule has 3 nitrogen and oxygen atoms in total. The van der Waals surface area contributed by atoms with Gasteiger partial charge < -0.3 is 10.4 Å². The number of carbonyl (C=O) groups is 1. The molecule has 6 heteroatoms. The van der Waals surface area contributed by atoms with Gasteiger partial charge in [-0.05, 0) is 46.6 Å². The molecular formula is C15H14BrNO2S2. The minimum Gasteiger partial charge on any atom is -0.395 e. The van der Waals surface area contributed by atoms with Crippen LogP contribution >= 0.6 is 38.6 Å². The van der Waals surface area contributed by atoms with Gasteiger partial charge in [0.1, 0.15) is 0 Å². The van der Waals surface area contributed by atoms with Gasteiger partial charge in [0.05, 0.1) is 20.1 Å². The predicted molar refractivity (Wildman–Crippen MR) is 91.0 cm³/mol. The molecule has 1 amide bonds. The van der Waals surface area contributed by atoms with Crippen LogP contribution in [0.3, 0.4) is 0 Å². The summed E-state index contributed by atoms with van der Waals surface area (Å²) in [6.07, 6.45) is 1.28. The van der Waals surface area contributed by atoms with Gasteiger partial charge in [-0.2, -0.15) is 0 Å². The third-order valence-electron chi connectivity index (χ3n) is 2.56. The van der Waals surface area contributed by atoms with E-state index in [1.165, 1.54) is 16.2 Å². The Morgan fingerprint density at radius 3 is 2.86 bits per heavy atom. The fraction of sp³-hybridized carbons (Fsp3) is 0.267. The molecule has 0 unspecified atom stereocenters. The molecule has 0 aromatic carbocycles. The fourth-order valence-corrected chi connectivity index (χ4v) is 3.88. The van der Waals surface area contributed by atoms with Gasteiger partial charge in [-0.3, -0.25) is 4.79 Å². The molecule has 2 aromatic rings. The van der Waals surface area contributed by atoms with E-state index in [0.29, 0.717) is 17.8 Å².